The van der Waals surface area contributed by atoms with Gasteiger partial charge in [0.15, 0.2) is 5.82 Å². The highest BCUT2D eigenvalue weighted by molar-refractivity contribution is 5.56. The van der Waals surface area contributed by atoms with Crippen molar-refractivity contribution in [2.45, 2.75) is 20.0 Å². The number of anilines is 1. The van der Waals surface area contributed by atoms with E-state index in [4.69, 9.17) is 0 Å². The Labute approximate surface area is 116 Å². The van der Waals surface area contributed by atoms with E-state index in [0.29, 0.717) is 6.54 Å². The van der Waals surface area contributed by atoms with Crippen LogP contribution >= 0.6 is 0 Å². The topological polar surface area (TPSA) is 73.5 Å². The van der Waals surface area contributed by atoms with Crippen LogP contribution in [0, 0.1) is 0 Å². The number of nitrogens with one attached hydrogen (secondary N) is 1. The Balaban J connectivity index is 1.81. The lowest BCUT2D eigenvalue weighted by Gasteiger charge is -2.11. The molecule has 0 saturated carbocycles. The molecule has 3 rings (SSSR count). The van der Waals surface area contributed by atoms with Gasteiger partial charge in [0, 0.05) is 18.9 Å². The fraction of sp³-hybridized carbons (Fsp3) is 0.231. The Morgan fingerprint density at radius 3 is 3.00 bits per heavy atom. The molecule has 0 fully saturated rings. The summed E-state index contributed by atoms with van der Waals surface area (Å²) in [5.41, 5.74) is 2.03. The third-order valence-corrected chi connectivity index (χ3v) is 3.02. The molecule has 0 radical (unpaired) electrons. The monoisotopic (exact) mass is 269 g/mol. The van der Waals surface area contributed by atoms with Gasteiger partial charge in [-0.25, -0.2) is 19.6 Å². The molecule has 0 aliphatic carbocycles. The SMILES string of the molecule is CCn1cncc1CNc1cccnc1-n1cncn1. The summed E-state index contributed by atoms with van der Waals surface area (Å²) in [5.74, 6) is 0.729. The Hall–Kier alpha value is -2.70. The first-order valence-corrected chi connectivity index (χ1v) is 6.41. The molecular formula is C13H15N7. The van der Waals surface area contributed by atoms with Gasteiger partial charge in [0.1, 0.15) is 12.7 Å². The van der Waals surface area contributed by atoms with Crippen LogP contribution in [0.4, 0.5) is 5.69 Å². The maximum Gasteiger partial charge on any atom is 0.178 e. The van der Waals surface area contributed by atoms with Crippen molar-refractivity contribution in [2.75, 3.05) is 5.32 Å². The molecule has 0 unspecified atom stereocenters. The number of rotatable bonds is 5. The summed E-state index contributed by atoms with van der Waals surface area (Å²) in [4.78, 5) is 12.4. The van der Waals surface area contributed by atoms with Crippen molar-refractivity contribution in [1.29, 1.82) is 0 Å². The molecule has 7 heteroatoms. The van der Waals surface area contributed by atoms with Gasteiger partial charge in [0.2, 0.25) is 0 Å². The van der Waals surface area contributed by atoms with Crippen molar-refractivity contribution in [1.82, 2.24) is 29.3 Å². The van der Waals surface area contributed by atoms with Gasteiger partial charge in [-0.15, -0.1) is 0 Å². The van der Waals surface area contributed by atoms with Crippen LogP contribution in [0.25, 0.3) is 5.82 Å². The number of hydrogen-bond acceptors (Lipinski definition) is 5. The fourth-order valence-corrected chi connectivity index (χ4v) is 2.00. The lowest BCUT2D eigenvalue weighted by Crippen LogP contribution is -2.09. The zero-order valence-corrected chi connectivity index (χ0v) is 11.1. The normalized spacial score (nSPS) is 10.7. The summed E-state index contributed by atoms with van der Waals surface area (Å²) in [5, 5.41) is 7.48. The quantitative estimate of drug-likeness (QED) is 0.759. The molecule has 0 aliphatic heterocycles. The summed E-state index contributed by atoms with van der Waals surface area (Å²) in [6, 6.07) is 3.86. The van der Waals surface area contributed by atoms with Gasteiger partial charge in [-0.1, -0.05) is 0 Å². The summed E-state index contributed by atoms with van der Waals surface area (Å²) in [7, 11) is 0. The molecule has 0 bridgehead atoms. The predicted octanol–water partition coefficient (Wildman–Crippen LogP) is 1.49. The van der Waals surface area contributed by atoms with E-state index in [9.17, 15) is 0 Å². The predicted molar refractivity (Wildman–Crippen MR) is 74.4 cm³/mol. The molecule has 3 aromatic rings. The zero-order chi connectivity index (χ0) is 13.8. The third kappa shape index (κ3) is 2.37. The molecule has 0 aliphatic rings. The average Bonchev–Trinajstić information content (AvgIpc) is 3.16. The van der Waals surface area contributed by atoms with Crippen molar-refractivity contribution in [3.8, 4) is 5.82 Å². The number of pyridine rings is 1. The summed E-state index contributed by atoms with van der Waals surface area (Å²) < 4.78 is 3.73. The number of aromatic nitrogens is 6. The Bertz CT molecular complexity index is 672. The number of aryl methyl sites for hydroxylation is 1. The molecule has 0 atom stereocenters. The van der Waals surface area contributed by atoms with E-state index in [1.165, 1.54) is 6.33 Å². The van der Waals surface area contributed by atoms with Gasteiger partial charge in [0.05, 0.1) is 24.3 Å². The first kappa shape index (κ1) is 12.3. The van der Waals surface area contributed by atoms with Crippen LogP contribution in [0.1, 0.15) is 12.6 Å². The van der Waals surface area contributed by atoms with E-state index < -0.39 is 0 Å². The molecule has 0 spiro atoms. The van der Waals surface area contributed by atoms with E-state index in [-0.39, 0.29) is 0 Å². The van der Waals surface area contributed by atoms with Crippen LogP contribution < -0.4 is 5.32 Å². The summed E-state index contributed by atoms with van der Waals surface area (Å²) in [6.45, 7) is 3.68. The Morgan fingerprint density at radius 1 is 1.25 bits per heavy atom. The average molecular weight is 269 g/mol. The van der Waals surface area contributed by atoms with Gasteiger partial charge in [-0.3, -0.25) is 0 Å². The molecule has 0 amide bonds. The standard InChI is InChI=1S/C13H15N7/c1-2-19-9-14-6-11(19)7-17-12-4-3-5-16-13(12)20-10-15-8-18-20/h3-6,8-10,17H,2,7H2,1H3. The van der Waals surface area contributed by atoms with Gasteiger partial charge < -0.3 is 9.88 Å². The number of hydrogen-bond donors (Lipinski definition) is 1. The van der Waals surface area contributed by atoms with Crippen LogP contribution in [0.5, 0.6) is 0 Å². The first-order valence-electron chi connectivity index (χ1n) is 6.41. The minimum absolute atomic E-state index is 0.682. The van der Waals surface area contributed by atoms with E-state index in [0.717, 1.165) is 23.7 Å². The fourth-order valence-electron chi connectivity index (χ4n) is 2.00. The Morgan fingerprint density at radius 2 is 2.20 bits per heavy atom. The van der Waals surface area contributed by atoms with E-state index in [2.05, 4.69) is 36.9 Å². The minimum Gasteiger partial charge on any atom is -0.376 e. The van der Waals surface area contributed by atoms with Crippen molar-refractivity contribution in [3.05, 3.63) is 49.2 Å². The lowest BCUT2D eigenvalue weighted by molar-refractivity contribution is 0.719. The molecule has 0 aromatic carbocycles. The van der Waals surface area contributed by atoms with Gasteiger partial charge in [0.25, 0.3) is 0 Å². The molecular weight excluding hydrogens is 254 g/mol. The zero-order valence-electron chi connectivity index (χ0n) is 11.1. The lowest BCUT2D eigenvalue weighted by atomic mass is 10.3. The van der Waals surface area contributed by atoms with Crippen LogP contribution in [-0.2, 0) is 13.1 Å². The summed E-state index contributed by atoms with van der Waals surface area (Å²) >= 11 is 0. The second-order valence-corrected chi connectivity index (χ2v) is 4.24. The highest BCUT2D eigenvalue weighted by atomic mass is 15.3. The molecule has 1 N–H and O–H groups in total. The summed E-state index contributed by atoms with van der Waals surface area (Å²) in [6.07, 6.45) is 8.55. The largest absolute Gasteiger partial charge is 0.376 e. The molecule has 3 aromatic heterocycles. The Kier molecular flexibility index (Phi) is 3.40. The molecule has 7 nitrogen and oxygen atoms in total. The van der Waals surface area contributed by atoms with E-state index >= 15 is 0 Å². The minimum atomic E-state index is 0.682. The number of nitrogens with zero attached hydrogens (tertiary/aromatic N) is 6. The van der Waals surface area contributed by atoms with Crippen LogP contribution in [0.3, 0.4) is 0 Å². The van der Waals surface area contributed by atoms with Crippen molar-refractivity contribution < 1.29 is 0 Å². The van der Waals surface area contributed by atoms with Gasteiger partial charge >= 0.3 is 0 Å². The highest BCUT2D eigenvalue weighted by Crippen LogP contribution is 2.16. The van der Waals surface area contributed by atoms with Crippen LogP contribution in [-0.4, -0.2) is 29.3 Å². The highest BCUT2D eigenvalue weighted by Gasteiger charge is 2.07. The molecule has 20 heavy (non-hydrogen) atoms. The van der Waals surface area contributed by atoms with E-state index in [1.807, 2.05) is 24.7 Å². The van der Waals surface area contributed by atoms with Gasteiger partial charge in [-0.05, 0) is 19.1 Å². The van der Waals surface area contributed by atoms with Crippen LogP contribution in [0.15, 0.2) is 43.5 Å². The second kappa shape index (κ2) is 5.52. The number of imidazole rings is 1. The first-order chi connectivity index (χ1) is 9.88. The van der Waals surface area contributed by atoms with E-state index in [1.54, 1.807) is 17.2 Å². The maximum absolute atomic E-state index is 4.34. The smallest absolute Gasteiger partial charge is 0.178 e. The molecule has 3 heterocycles. The van der Waals surface area contributed by atoms with Crippen molar-refractivity contribution in [3.63, 3.8) is 0 Å². The van der Waals surface area contributed by atoms with Crippen molar-refractivity contribution >= 4 is 5.69 Å². The van der Waals surface area contributed by atoms with Crippen molar-refractivity contribution in [2.24, 2.45) is 0 Å². The maximum atomic E-state index is 4.34. The third-order valence-electron chi connectivity index (χ3n) is 3.02. The van der Waals surface area contributed by atoms with Gasteiger partial charge in [-0.2, -0.15) is 5.10 Å². The molecule has 0 saturated heterocycles. The molecule has 102 valence electrons. The second-order valence-electron chi connectivity index (χ2n) is 4.24. The van der Waals surface area contributed by atoms with Crippen LogP contribution in [0.2, 0.25) is 0 Å².